The lowest BCUT2D eigenvalue weighted by Gasteiger charge is -2.38. The van der Waals surface area contributed by atoms with Crippen molar-refractivity contribution in [2.75, 3.05) is 26.7 Å². The fourth-order valence-corrected chi connectivity index (χ4v) is 3.19. The predicted molar refractivity (Wildman–Crippen MR) is 71.3 cm³/mol. The van der Waals surface area contributed by atoms with Gasteiger partial charge < -0.3 is 10.1 Å². The summed E-state index contributed by atoms with van der Waals surface area (Å²) in [7, 11) is 2.01. The van der Waals surface area contributed by atoms with Crippen LogP contribution in [0.4, 0.5) is 0 Å². The number of ether oxygens (including phenoxy) is 1. The number of hydrogen-bond acceptors (Lipinski definition) is 3. The molecule has 2 rings (SSSR count). The average Bonchev–Trinajstić information content (AvgIpc) is 2.72. The van der Waals surface area contributed by atoms with Crippen LogP contribution in [0.15, 0.2) is 0 Å². The second-order valence-electron chi connectivity index (χ2n) is 6.00. The number of nitrogens with zero attached hydrogens (tertiary/aromatic N) is 1. The van der Waals surface area contributed by atoms with E-state index in [9.17, 15) is 0 Å². The van der Waals surface area contributed by atoms with Crippen LogP contribution < -0.4 is 5.32 Å². The predicted octanol–water partition coefficient (Wildman–Crippen LogP) is 1.87. The Labute approximate surface area is 106 Å². The van der Waals surface area contributed by atoms with Crippen molar-refractivity contribution in [2.24, 2.45) is 5.92 Å². The Morgan fingerprint density at radius 1 is 1.12 bits per heavy atom. The van der Waals surface area contributed by atoms with E-state index in [2.05, 4.69) is 24.1 Å². The standard InChI is InChI=1S/C14H28N2O/c1-11-4-5-12(2)16(9-11)10-14-7-6-13(17-14)8-15-3/h11-15H,4-10H2,1-3H3. The molecule has 100 valence electrons. The van der Waals surface area contributed by atoms with Crippen LogP contribution >= 0.6 is 0 Å². The van der Waals surface area contributed by atoms with E-state index >= 15 is 0 Å². The highest BCUT2D eigenvalue weighted by molar-refractivity contribution is 4.82. The number of rotatable bonds is 4. The second kappa shape index (κ2) is 6.17. The van der Waals surface area contributed by atoms with E-state index in [0.29, 0.717) is 12.2 Å². The lowest BCUT2D eigenvalue weighted by molar-refractivity contribution is 0.00425. The van der Waals surface area contributed by atoms with Crippen molar-refractivity contribution in [1.29, 1.82) is 0 Å². The first-order valence-corrected chi connectivity index (χ1v) is 7.23. The highest BCUT2D eigenvalue weighted by atomic mass is 16.5. The van der Waals surface area contributed by atoms with Crippen molar-refractivity contribution in [3.8, 4) is 0 Å². The van der Waals surface area contributed by atoms with Crippen molar-refractivity contribution >= 4 is 0 Å². The molecule has 3 nitrogen and oxygen atoms in total. The quantitative estimate of drug-likeness (QED) is 0.812. The highest BCUT2D eigenvalue weighted by Crippen LogP contribution is 2.25. The summed E-state index contributed by atoms with van der Waals surface area (Å²) < 4.78 is 6.08. The number of hydrogen-bond donors (Lipinski definition) is 1. The maximum Gasteiger partial charge on any atom is 0.0707 e. The summed E-state index contributed by atoms with van der Waals surface area (Å²) in [6, 6.07) is 0.748. The minimum absolute atomic E-state index is 0.447. The normalized spacial score (nSPS) is 39.7. The molecule has 0 amide bonds. The monoisotopic (exact) mass is 240 g/mol. The first kappa shape index (κ1) is 13.3. The van der Waals surface area contributed by atoms with Gasteiger partial charge in [-0.25, -0.2) is 0 Å². The van der Waals surface area contributed by atoms with E-state index in [1.165, 1.54) is 32.2 Å². The van der Waals surface area contributed by atoms with E-state index < -0.39 is 0 Å². The molecule has 2 heterocycles. The molecule has 4 atom stereocenters. The molecule has 0 aromatic heterocycles. The van der Waals surface area contributed by atoms with E-state index in [1.807, 2.05) is 7.05 Å². The maximum atomic E-state index is 6.08. The van der Waals surface area contributed by atoms with Gasteiger partial charge in [0.2, 0.25) is 0 Å². The molecule has 2 aliphatic rings. The van der Waals surface area contributed by atoms with Gasteiger partial charge in [0.25, 0.3) is 0 Å². The van der Waals surface area contributed by atoms with Gasteiger partial charge in [0.1, 0.15) is 0 Å². The summed E-state index contributed by atoms with van der Waals surface area (Å²) in [6.45, 7) is 8.15. The van der Waals surface area contributed by atoms with Crippen LogP contribution in [0.25, 0.3) is 0 Å². The van der Waals surface area contributed by atoms with Gasteiger partial charge in [-0.15, -0.1) is 0 Å². The molecule has 2 fully saturated rings. The SMILES string of the molecule is CNCC1CCC(CN2CC(C)CCC2C)O1. The van der Waals surface area contributed by atoms with Crippen molar-refractivity contribution in [3.05, 3.63) is 0 Å². The van der Waals surface area contributed by atoms with Gasteiger partial charge in [-0.05, 0) is 45.6 Å². The fourth-order valence-electron chi connectivity index (χ4n) is 3.19. The van der Waals surface area contributed by atoms with E-state index in [-0.39, 0.29) is 0 Å². The molecule has 0 bridgehead atoms. The Morgan fingerprint density at radius 3 is 2.65 bits per heavy atom. The van der Waals surface area contributed by atoms with E-state index in [4.69, 9.17) is 4.74 Å². The summed E-state index contributed by atoms with van der Waals surface area (Å²) in [5.74, 6) is 0.862. The molecule has 0 aliphatic carbocycles. The molecular weight excluding hydrogens is 212 g/mol. The summed E-state index contributed by atoms with van der Waals surface area (Å²) in [4.78, 5) is 2.64. The zero-order chi connectivity index (χ0) is 12.3. The zero-order valence-corrected chi connectivity index (χ0v) is 11.6. The number of piperidine rings is 1. The number of nitrogens with one attached hydrogen (secondary N) is 1. The molecule has 0 aromatic carbocycles. The van der Waals surface area contributed by atoms with Gasteiger partial charge >= 0.3 is 0 Å². The third-order valence-corrected chi connectivity index (χ3v) is 4.31. The van der Waals surface area contributed by atoms with Gasteiger partial charge in [-0.1, -0.05) is 6.92 Å². The molecule has 2 aliphatic heterocycles. The van der Waals surface area contributed by atoms with Crippen LogP contribution in [-0.2, 0) is 4.74 Å². The number of likely N-dealkylation sites (N-methyl/N-ethyl adjacent to an activating group) is 1. The first-order chi connectivity index (χ1) is 8.19. The first-order valence-electron chi connectivity index (χ1n) is 7.23. The zero-order valence-electron chi connectivity index (χ0n) is 11.6. The van der Waals surface area contributed by atoms with Gasteiger partial charge in [0.05, 0.1) is 12.2 Å². The molecule has 2 saturated heterocycles. The molecule has 0 radical (unpaired) electrons. The van der Waals surface area contributed by atoms with Crippen molar-refractivity contribution in [3.63, 3.8) is 0 Å². The third kappa shape index (κ3) is 3.67. The van der Waals surface area contributed by atoms with E-state index in [0.717, 1.165) is 25.0 Å². The minimum atomic E-state index is 0.447. The smallest absolute Gasteiger partial charge is 0.0707 e. The minimum Gasteiger partial charge on any atom is -0.372 e. The summed E-state index contributed by atoms with van der Waals surface area (Å²) in [6.07, 6.45) is 6.13. The third-order valence-electron chi connectivity index (χ3n) is 4.31. The van der Waals surface area contributed by atoms with Crippen LogP contribution in [0.5, 0.6) is 0 Å². The summed E-state index contributed by atoms with van der Waals surface area (Å²) in [5.41, 5.74) is 0. The van der Waals surface area contributed by atoms with Crippen LogP contribution in [0.2, 0.25) is 0 Å². The van der Waals surface area contributed by atoms with Gasteiger partial charge in [0, 0.05) is 25.7 Å². The maximum absolute atomic E-state index is 6.08. The van der Waals surface area contributed by atoms with Crippen molar-refractivity contribution < 1.29 is 4.74 Å². The van der Waals surface area contributed by atoms with Crippen molar-refractivity contribution in [1.82, 2.24) is 10.2 Å². The second-order valence-corrected chi connectivity index (χ2v) is 6.00. The molecule has 0 spiro atoms. The van der Waals surface area contributed by atoms with Crippen molar-refractivity contribution in [2.45, 2.75) is 57.8 Å². The molecule has 0 saturated carbocycles. The van der Waals surface area contributed by atoms with E-state index in [1.54, 1.807) is 0 Å². The van der Waals surface area contributed by atoms with Gasteiger partial charge in [-0.2, -0.15) is 0 Å². The largest absolute Gasteiger partial charge is 0.372 e. The number of likely N-dealkylation sites (tertiary alicyclic amines) is 1. The highest BCUT2D eigenvalue weighted by Gasteiger charge is 2.30. The molecule has 3 heteroatoms. The Hall–Kier alpha value is -0.120. The lowest BCUT2D eigenvalue weighted by Crippen LogP contribution is -2.45. The Bertz CT molecular complexity index is 234. The summed E-state index contributed by atoms with van der Waals surface area (Å²) >= 11 is 0. The Balaban J connectivity index is 1.76. The Morgan fingerprint density at radius 2 is 1.88 bits per heavy atom. The lowest BCUT2D eigenvalue weighted by atomic mass is 9.94. The molecule has 1 N–H and O–H groups in total. The molecule has 17 heavy (non-hydrogen) atoms. The molecule has 4 unspecified atom stereocenters. The summed E-state index contributed by atoms with van der Waals surface area (Å²) in [5, 5.41) is 3.21. The van der Waals surface area contributed by atoms with Crippen LogP contribution in [-0.4, -0.2) is 49.8 Å². The molecular formula is C14H28N2O. The topological polar surface area (TPSA) is 24.5 Å². The van der Waals surface area contributed by atoms with Crippen LogP contribution in [0, 0.1) is 5.92 Å². The van der Waals surface area contributed by atoms with Crippen LogP contribution in [0.1, 0.15) is 39.5 Å². The fraction of sp³-hybridized carbons (Fsp3) is 1.00. The van der Waals surface area contributed by atoms with Gasteiger partial charge in [-0.3, -0.25) is 4.90 Å². The van der Waals surface area contributed by atoms with Crippen LogP contribution in [0.3, 0.4) is 0 Å². The Kier molecular flexibility index (Phi) is 4.83. The molecule has 0 aromatic rings. The average molecular weight is 240 g/mol. The van der Waals surface area contributed by atoms with Gasteiger partial charge in [0.15, 0.2) is 0 Å².